The van der Waals surface area contributed by atoms with E-state index in [2.05, 4.69) is 32.6 Å². The minimum Gasteiger partial charge on any atom is -0.393 e. The van der Waals surface area contributed by atoms with Crippen molar-refractivity contribution in [2.45, 2.75) is 90.3 Å². The van der Waals surface area contributed by atoms with E-state index >= 15 is 0 Å². The summed E-state index contributed by atoms with van der Waals surface area (Å²) in [6, 6.07) is 0. The van der Waals surface area contributed by atoms with Crippen LogP contribution in [0.4, 0.5) is 0 Å². The molecule has 0 aromatic heterocycles. The van der Waals surface area contributed by atoms with Crippen LogP contribution < -0.4 is 0 Å². The average Bonchev–Trinajstić information content (AvgIpc) is 3.51. The lowest BCUT2D eigenvalue weighted by molar-refractivity contribution is -0.131. The summed E-state index contributed by atoms with van der Waals surface area (Å²) in [4.78, 5) is 25.1. The third-order valence-corrected chi connectivity index (χ3v) is 8.79. The van der Waals surface area contributed by atoms with Crippen LogP contribution in [0.1, 0.15) is 78.1 Å². The van der Waals surface area contributed by atoms with Gasteiger partial charge < -0.3 is 10.2 Å². The van der Waals surface area contributed by atoms with E-state index in [1.54, 1.807) is 0 Å². The van der Waals surface area contributed by atoms with Gasteiger partial charge in [0.1, 0.15) is 11.6 Å². The fourth-order valence-corrected chi connectivity index (χ4v) is 6.67. The first-order chi connectivity index (χ1) is 14.7. The lowest BCUT2D eigenvalue weighted by atomic mass is 9.60. The monoisotopic (exact) mass is 426 g/mol. The zero-order valence-electron chi connectivity index (χ0n) is 19.1. The fraction of sp³-hybridized carbons (Fsp3) is 0.704. The van der Waals surface area contributed by atoms with Gasteiger partial charge in [0.05, 0.1) is 18.6 Å². The number of hydrogen-bond donors (Lipinski definition) is 2. The van der Waals surface area contributed by atoms with Gasteiger partial charge in [0.15, 0.2) is 0 Å². The summed E-state index contributed by atoms with van der Waals surface area (Å²) in [5.41, 5.74) is 3.20. The minimum absolute atomic E-state index is 0.0566. The molecule has 0 aromatic carbocycles. The molecule has 0 spiro atoms. The van der Waals surface area contributed by atoms with Crippen molar-refractivity contribution >= 4 is 11.6 Å². The summed E-state index contributed by atoms with van der Waals surface area (Å²) in [6.45, 7) is 8.43. The van der Waals surface area contributed by atoms with Gasteiger partial charge in [-0.25, -0.2) is 0 Å². The Morgan fingerprint density at radius 3 is 2.65 bits per heavy atom. The van der Waals surface area contributed by atoms with Crippen molar-refractivity contribution in [3.05, 3.63) is 35.5 Å². The Morgan fingerprint density at radius 1 is 1.19 bits per heavy atom. The molecule has 4 nitrogen and oxygen atoms in total. The standard InChI is InChI=1S/C27H38O4/c1-16-20(13-21(28)14-24(16)29)9-6-18-5-4-12-27(3)22(10-11-23(18)27)17(2)25(30)15-26(31)19-7-8-19/h6,9,17,19,21-24,28-29H,1,4-5,7-8,10-15H2,2-3H3/t17?,21-,22-,23?,24+,27-/m1/s1. The number of allylic oxidation sites excluding steroid dienone is 3. The molecule has 0 amide bonds. The van der Waals surface area contributed by atoms with E-state index in [0.29, 0.717) is 24.7 Å². The van der Waals surface area contributed by atoms with E-state index in [1.165, 1.54) is 5.57 Å². The number of rotatable bonds is 6. The number of aliphatic hydroxyl groups is 2. The quantitative estimate of drug-likeness (QED) is 0.604. The molecule has 0 heterocycles. The van der Waals surface area contributed by atoms with Crippen LogP contribution in [-0.4, -0.2) is 34.0 Å². The first-order valence-corrected chi connectivity index (χ1v) is 12.2. The highest BCUT2D eigenvalue weighted by atomic mass is 16.3. The van der Waals surface area contributed by atoms with Gasteiger partial charge in [0.2, 0.25) is 0 Å². The van der Waals surface area contributed by atoms with Gasteiger partial charge in [-0.2, -0.15) is 0 Å². The van der Waals surface area contributed by atoms with E-state index in [-0.39, 0.29) is 35.2 Å². The molecule has 170 valence electrons. The van der Waals surface area contributed by atoms with E-state index in [9.17, 15) is 19.8 Å². The van der Waals surface area contributed by atoms with Crippen LogP contribution >= 0.6 is 0 Å². The van der Waals surface area contributed by atoms with Crippen LogP contribution in [0.5, 0.6) is 0 Å². The molecule has 4 saturated carbocycles. The molecule has 0 saturated heterocycles. The van der Waals surface area contributed by atoms with Crippen LogP contribution in [0.15, 0.2) is 35.5 Å². The minimum atomic E-state index is -0.661. The van der Waals surface area contributed by atoms with Gasteiger partial charge in [-0.3, -0.25) is 9.59 Å². The molecule has 0 aliphatic heterocycles. The van der Waals surface area contributed by atoms with Crippen molar-refractivity contribution < 1.29 is 19.8 Å². The molecule has 31 heavy (non-hydrogen) atoms. The SMILES string of the molecule is C=C1C(=CC=C2CCC[C@@]3(C)C2CC[C@@H]3C(C)C(=O)CC(=O)C2CC2)C[C@@H](O)C[C@@H]1O. The number of aliphatic hydroxyl groups excluding tert-OH is 2. The normalized spacial score (nSPS) is 39.5. The van der Waals surface area contributed by atoms with Crippen molar-refractivity contribution in [1.82, 2.24) is 0 Å². The van der Waals surface area contributed by atoms with Gasteiger partial charge in [-0.15, -0.1) is 0 Å². The van der Waals surface area contributed by atoms with Gasteiger partial charge in [0.25, 0.3) is 0 Å². The largest absolute Gasteiger partial charge is 0.393 e. The fourth-order valence-electron chi connectivity index (χ4n) is 6.67. The summed E-state index contributed by atoms with van der Waals surface area (Å²) < 4.78 is 0. The van der Waals surface area contributed by atoms with Gasteiger partial charge in [-0.1, -0.05) is 38.2 Å². The third-order valence-electron chi connectivity index (χ3n) is 8.79. The van der Waals surface area contributed by atoms with Crippen LogP contribution in [0.2, 0.25) is 0 Å². The highest BCUT2D eigenvalue weighted by molar-refractivity contribution is 6.01. The Labute approximate surface area is 186 Å². The molecule has 4 aliphatic carbocycles. The molecule has 4 rings (SSSR count). The second kappa shape index (κ2) is 8.78. The molecule has 4 heteroatoms. The second-order valence-electron chi connectivity index (χ2n) is 10.8. The Kier molecular flexibility index (Phi) is 6.42. The number of hydrogen-bond acceptors (Lipinski definition) is 4. The predicted molar refractivity (Wildman–Crippen MR) is 121 cm³/mol. The topological polar surface area (TPSA) is 74.6 Å². The first kappa shape index (κ1) is 22.7. The maximum Gasteiger partial charge on any atom is 0.143 e. The molecule has 0 bridgehead atoms. The maximum absolute atomic E-state index is 12.9. The maximum atomic E-state index is 12.9. The van der Waals surface area contributed by atoms with Crippen LogP contribution in [-0.2, 0) is 9.59 Å². The Hall–Kier alpha value is -1.52. The van der Waals surface area contributed by atoms with E-state index in [1.807, 2.05) is 0 Å². The number of carbonyl (C=O) groups is 2. The number of carbonyl (C=O) groups excluding carboxylic acids is 2. The van der Waals surface area contributed by atoms with Gasteiger partial charge in [0, 0.05) is 18.3 Å². The summed E-state index contributed by atoms with van der Waals surface area (Å²) in [5.74, 6) is 1.20. The van der Waals surface area contributed by atoms with E-state index in [4.69, 9.17) is 0 Å². The van der Waals surface area contributed by atoms with Crippen LogP contribution in [0, 0.1) is 29.1 Å². The number of fused-ring (bicyclic) bond motifs is 1. The van der Waals surface area contributed by atoms with Gasteiger partial charge >= 0.3 is 0 Å². The smallest absolute Gasteiger partial charge is 0.143 e. The molecule has 4 aliphatic rings. The summed E-state index contributed by atoms with van der Waals surface area (Å²) in [6.07, 6.45) is 11.5. The summed E-state index contributed by atoms with van der Waals surface area (Å²) in [5, 5.41) is 20.1. The Morgan fingerprint density at radius 2 is 1.94 bits per heavy atom. The van der Waals surface area contributed by atoms with E-state index < -0.39 is 12.2 Å². The first-order valence-electron chi connectivity index (χ1n) is 12.2. The Bertz CT molecular complexity index is 817. The molecule has 6 atom stereocenters. The van der Waals surface area contributed by atoms with Crippen molar-refractivity contribution in [2.24, 2.45) is 29.1 Å². The summed E-state index contributed by atoms with van der Waals surface area (Å²) in [7, 11) is 0. The predicted octanol–water partition coefficient (Wildman–Crippen LogP) is 4.70. The highest BCUT2D eigenvalue weighted by Crippen LogP contribution is 2.59. The molecule has 4 fully saturated rings. The van der Waals surface area contributed by atoms with Crippen molar-refractivity contribution in [2.75, 3.05) is 0 Å². The van der Waals surface area contributed by atoms with E-state index in [0.717, 1.165) is 56.1 Å². The van der Waals surface area contributed by atoms with Crippen LogP contribution in [0.3, 0.4) is 0 Å². The number of Topliss-reactive ketones (excluding diaryl/α,β-unsaturated/α-hetero) is 2. The summed E-state index contributed by atoms with van der Waals surface area (Å²) >= 11 is 0. The molecular formula is C27H38O4. The van der Waals surface area contributed by atoms with Crippen LogP contribution in [0.25, 0.3) is 0 Å². The van der Waals surface area contributed by atoms with Crippen molar-refractivity contribution in [3.8, 4) is 0 Å². The third kappa shape index (κ3) is 4.52. The average molecular weight is 427 g/mol. The zero-order valence-corrected chi connectivity index (χ0v) is 19.1. The Balaban J connectivity index is 1.49. The lowest BCUT2D eigenvalue weighted by Crippen LogP contribution is -2.38. The van der Waals surface area contributed by atoms with Crippen molar-refractivity contribution in [1.29, 1.82) is 0 Å². The lowest BCUT2D eigenvalue weighted by Gasteiger charge is -2.44. The highest BCUT2D eigenvalue weighted by Gasteiger charge is 2.52. The zero-order chi connectivity index (χ0) is 22.3. The second-order valence-corrected chi connectivity index (χ2v) is 10.8. The molecule has 2 N–H and O–H groups in total. The molecule has 0 radical (unpaired) electrons. The van der Waals surface area contributed by atoms with Crippen molar-refractivity contribution in [3.63, 3.8) is 0 Å². The molecule has 0 aromatic rings. The molecule has 2 unspecified atom stereocenters. The molecular weight excluding hydrogens is 388 g/mol. The number of ketones is 2. The van der Waals surface area contributed by atoms with Gasteiger partial charge in [-0.05, 0) is 79.8 Å².